The fourth-order valence-corrected chi connectivity index (χ4v) is 2.92. The van der Waals surface area contributed by atoms with Gasteiger partial charge in [0.2, 0.25) is 0 Å². The molecule has 0 aliphatic heterocycles. The van der Waals surface area contributed by atoms with Crippen LogP contribution in [0.25, 0.3) is 32.7 Å². The predicted molar refractivity (Wildman–Crippen MR) is 92.6 cm³/mol. The van der Waals surface area contributed by atoms with Gasteiger partial charge in [0, 0.05) is 19.8 Å². The number of benzene rings is 4. The number of rotatable bonds is 1. The fourth-order valence-electron chi connectivity index (χ4n) is 2.92. The molecule has 0 saturated heterocycles. The van der Waals surface area contributed by atoms with E-state index >= 15 is 0 Å². The van der Waals surface area contributed by atoms with Gasteiger partial charge in [-0.2, -0.15) is 0 Å². The maximum Gasteiger partial charge on any atom is 0 e. The quantitative estimate of drug-likeness (QED) is 0.418. The summed E-state index contributed by atoms with van der Waals surface area (Å²) in [6.07, 6.45) is 0. The summed E-state index contributed by atoms with van der Waals surface area (Å²) in [7, 11) is 0. The van der Waals surface area contributed by atoms with Crippen molar-refractivity contribution in [2.75, 3.05) is 0 Å². The molecular weight excluding hydrogens is 310 g/mol. The first-order valence-corrected chi connectivity index (χ1v) is 6.89. The van der Waals surface area contributed by atoms with Crippen molar-refractivity contribution in [2.24, 2.45) is 0 Å². The molecule has 21 heavy (non-hydrogen) atoms. The molecule has 4 aromatic carbocycles. The van der Waals surface area contributed by atoms with E-state index in [1.165, 1.54) is 32.7 Å². The Balaban J connectivity index is 0.00000132. The first-order chi connectivity index (χ1) is 9.93. The van der Waals surface area contributed by atoms with E-state index in [1.54, 1.807) is 0 Å². The van der Waals surface area contributed by atoms with Gasteiger partial charge in [0.15, 0.2) is 0 Å². The van der Waals surface area contributed by atoms with Crippen molar-refractivity contribution in [3.63, 3.8) is 0 Å². The summed E-state index contributed by atoms with van der Waals surface area (Å²) < 4.78 is 0. The average molecular weight is 324 g/mol. The van der Waals surface area contributed by atoms with E-state index in [2.05, 4.69) is 84.9 Å². The van der Waals surface area contributed by atoms with Crippen molar-refractivity contribution >= 4 is 41.3 Å². The van der Waals surface area contributed by atoms with Crippen molar-refractivity contribution in [1.82, 2.24) is 0 Å². The van der Waals surface area contributed by atoms with Crippen LogP contribution in [0.2, 0.25) is 0 Å². The zero-order valence-electron chi connectivity index (χ0n) is 11.7. The molecule has 0 atom stereocenters. The second-order valence-corrected chi connectivity index (χ2v) is 5.05. The van der Waals surface area contributed by atoms with Crippen LogP contribution in [0.5, 0.6) is 0 Å². The Labute approximate surface area is 137 Å². The minimum atomic E-state index is 0. The van der Waals surface area contributed by atoms with Gasteiger partial charge in [0.25, 0.3) is 0 Å². The molecule has 0 amide bonds. The minimum Gasteiger partial charge on any atom is -0.0616 e. The van der Waals surface area contributed by atoms with E-state index in [1.807, 2.05) is 0 Å². The summed E-state index contributed by atoms with van der Waals surface area (Å²) in [4.78, 5) is 0. The maximum absolute atomic E-state index is 2.21. The normalized spacial score (nSPS) is 10.5. The van der Waals surface area contributed by atoms with Crippen LogP contribution < -0.4 is 0 Å². The Kier molecular flexibility index (Phi) is 3.87. The van der Waals surface area contributed by atoms with Crippen molar-refractivity contribution in [3.8, 4) is 11.1 Å². The molecule has 0 unspecified atom stereocenters. The zero-order valence-corrected chi connectivity index (χ0v) is 14.1. The molecule has 97 valence electrons. The van der Waals surface area contributed by atoms with Gasteiger partial charge in [0.05, 0.1) is 0 Å². The second-order valence-electron chi connectivity index (χ2n) is 5.05. The third-order valence-corrected chi connectivity index (χ3v) is 3.87. The van der Waals surface area contributed by atoms with E-state index in [0.717, 1.165) is 0 Å². The number of hydrogen-bond acceptors (Lipinski definition) is 0. The van der Waals surface area contributed by atoms with Crippen LogP contribution in [0.15, 0.2) is 84.9 Å². The first kappa shape index (κ1) is 14.0. The molecule has 0 N–H and O–H groups in total. The molecule has 3 radical (unpaired) electrons. The molecule has 0 heterocycles. The molecule has 0 bridgehead atoms. The first-order valence-electron chi connectivity index (χ1n) is 6.89. The molecule has 4 rings (SSSR count). The Morgan fingerprint density at radius 1 is 0.381 bits per heavy atom. The zero-order chi connectivity index (χ0) is 13.4. The van der Waals surface area contributed by atoms with Gasteiger partial charge in [0.1, 0.15) is 0 Å². The molecule has 0 saturated carbocycles. The van der Waals surface area contributed by atoms with Crippen molar-refractivity contribution < 1.29 is 0 Å². The van der Waals surface area contributed by atoms with Gasteiger partial charge < -0.3 is 0 Å². The van der Waals surface area contributed by atoms with Gasteiger partial charge in [-0.3, -0.25) is 0 Å². The molecule has 1 heteroatoms. The topological polar surface area (TPSA) is 0 Å². The Hall–Kier alpha value is -1.96. The summed E-state index contributed by atoms with van der Waals surface area (Å²) >= 11 is 0. The Bertz CT molecular complexity index is 821. The van der Waals surface area contributed by atoms with Gasteiger partial charge >= 0.3 is 0 Å². The van der Waals surface area contributed by atoms with Crippen LogP contribution in [0, 0.1) is 0 Å². The summed E-state index contributed by atoms with van der Waals surface area (Å²) in [6, 6.07) is 30.2. The van der Waals surface area contributed by atoms with E-state index in [9.17, 15) is 0 Å². The van der Waals surface area contributed by atoms with Crippen molar-refractivity contribution in [2.45, 2.75) is 0 Å². The van der Waals surface area contributed by atoms with Crippen molar-refractivity contribution in [1.29, 1.82) is 0 Å². The minimum absolute atomic E-state index is 0. The van der Waals surface area contributed by atoms with E-state index < -0.39 is 0 Å². The van der Waals surface area contributed by atoms with Crippen LogP contribution in [0.4, 0.5) is 0 Å². The molecular formula is C20H14Ga. The van der Waals surface area contributed by atoms with Gasteiger partial charge in [-0.25, -0.2) is 0 Å². The monoisotopic (exact) mass is 323 g/mol. The van der Waals surface area contributed by atoms with Crippen LogP contribution in [-0.4, -0.2) is 19.8 Å². The van der Waals surface area contributed by atoms with Crippen LogP contribution >= 0.6 is 0 Å². The van der Waals surface area contributed by atoms with Crippen LogP contribution in [-0.2, 0) is 0 Å². The van der Waals surface area contributed by atoms with Gasteiger partial charge in [-0.15, -0.1) is 0 Å². The average Bonchev–Trinajstić information content (AvgIpc) is 2.54. The molecule has 0 fully saturated rings. The largest absolute Gasteiger partial charge is 0.0616 e. The molecule has 0 aliphatic carbocycles. The molecule has 0 aliphatic rings. The molecule has 0 nitrogen and oxygen atoms in total. The second kappa shape index (κ2) is 5.80. The molecule has 0 aromatic heterocycles. The summed E-state index contributed by atoms with van der Waals surface area (Å²) in [5.74, 6) is 0. The summed E-state index contributed by atoms with van der Waals surface area (Å²) in [6.45, 7) is 0. The van der Waals surface area contributed by atoms with Crippen LogP contribution in [0.3, 0.4) is 0 Å². The summed E-state index contributed by atoms with van der Waals surface area (Å²) in [5.41, 5.74) is 2.61. The SMILES string of the molecule is [Ga].c1ccc2c(-c3cccc4ccccc34)cccc2c1. The number of hydrogen-bond donors (Lipinski definition) is 0. The Morgan fingerprint density at radius 3 is 1.24 bits per heavy atom. The van der Waals surface area contributed by atoms with Crippen molar-refractivity contribution in [3.05, 3.63) is 84.9 Å². The third kappa shape index (κ3) is 2.39. The standard InChI is InChI=1S/C20H14.Ga/c1-3-11-17-15(7-1)9-5-13-19(17)20-14-6-10-16-8-2-4-12-18(16)20;/h1-14H;. The molecule has 4 aromatic rings. The number of fused-ring (bicyclic) bond motifs is 2. The van der Waals surface area contributed by atoms with E-state index in [4.69, 9.17) is 0 Å². The Morgan fingerprint density at radius 2 is 0.762 bits per heavy atom. The van der Waals surface area contributed by atoms with Gasteiger partial charge in [-0.05, 0) is 32.7 Å². The fraction of sp³-hybridized carbons (Fsp3) is 0. The maximum atomic E-state index is 2.21. The third-order valence-electron chi connectivity index (χ3n) is 3.87. The predicted octanol–water partition coefficient (Wildman–Crippen LogP) is 5.28. The van der Waals surface area contributed by atoms with E-state index in [0.29, 0.717) is 0 Å². The molecule has 0 spiro atoms. The van der Waals surface area contributed by atoms with E-state index in [-0.39, 0.29) is 19.8 Å². The smallest absolute Gasteiger partial charge is 0 e. The summed E-state index contributed by atoms with van der Waals surface area (Å²) in [5, 5.41) is 5.20. The van der Waals surface area contributed by atoms with Gasteiger partial charge in [-0.1, -0.05) is 84.9 Å². The van der Waals surface area contributed by atoms with Crippen LogP contribution in [0.1, 0.15) is 0 Å².